The van der Waals surface area contributed by atoms with Crippen LogP contribution in [0, 0.1) is 6.92 Å². The zero-order chi connectivity index (χ0) is 8.39. The van der Waals surface area contributed by atoms with Gasteiger partial charge < -0.3 is 4.74 Å². The van der Waals surface area contributed by atoms with Crippen molar-refractivity contribution in [1.82, 2.24) is 10.2 Å². The Balaban J connectivity index is 1.98. The first kappa shape index (κ1) is 7.53. The summed E-state index contributed by atoms with van der Waals surface area (Å²) in [4.78, 5) is 0. The molecule has 3 nitrogen and oxygen atoms in total. The predicted octanol–water partition coefficient (Wildman–Crippen LogP) is 1.72. The Kier molecular flexibility index (Phi) is 1.94. The van der Waals surface area contributed by atoms with Gasteiger partial charge in [0.1, 0.15) is 6.10 Å². The van der Waals surface area contributed by atoms with Crippen LogP contribution < -0.4 is 4.74 Å². The molecule has 12 heavy (non-hydrogen) atoms. The smallest absolute Gasteiger partial charge is 0.233 e. The molecule has 0 amide bonds. The second-order valence-electron chi connectivity index (χ2n) is 3.18. The Morgan fingerprint density at radius 2 is 2.17 bits per heavy atom. The van der Waals surface area contributed by atoms with Crippen LogP contribution in [-0.2, 0) is 0 Å². The Hall–Kier alpha value is -1.12. The zero-order valence-electron chi connectivity index (χ0n) is 7.16. The van der Waals surface area contributed by atoms with E-state index >= 15 is 0 Å². The third-order valence-electron chi connectivity index (χ3n) is 2.11. The average Bonchev–Trinajstić information content (AvgIpc) is 2.00. The van der Waals surface area contributed by atoms with Crippen molar-refractivity contribution in [3.8, 4) is 5.88 Å². The Labute approximate surface area is 71.8 Å². The number of hydrogen-bond donors (Lipinski definition) is 0. The molecule has 1 heterocycles. The number of nitrogens with zero attached hydrogens (tertiary/aromatic N) is 2. The molecule has 0 unspecified atom stereocenters. The van der Waals surface area contributed by atoms with Gasteiger partial charge in [-0.05, 0) is 32.3 Å². The van der Waals surface area contributed by atoms with Gasteiger partial charge in [-0.2, -0.15) is 5.10 Å². The highest BCUT2D eigenvalue weighted by atomic mass is 16.5. The monoisotopic (exact) mass is 164 g/mol. The summed E-state index contributed by atoms with van der Waals surface area (Å²) in [6.07, 6.45) is 4.00. The molecular weight excluding hydrogens is 152 g/mol. The van der Waals surface area contributed by atoms with Crippen LogP contribution >= 0.6 is 0 Å². The van der Waals surface area contributed by atoms with Crippen LogP contribution in [0.2, 0.25) is 0 Å². The zero-order valence-corrected chi connectivity index (χ0v) is 7.16. The molecule has 0 atom stereocenters. The molecule has 1 aliphatic carbocycles. The molecule has 0 radical (unpaired) electrons. The summed E-state index contributed by atoms with van der Waals surface area (Å²) in [7, 11) is 0. The van der Waals surface area contributed by atoms with Crippen molar-refractivity contribution >= 4 is 0 Å². The van der Waals surface area contributed by atoms with Crippen molar-refractivity contribution in [1.29, 1.82) is 0 Å². The van der Waals surface area contributed by atoms with Crippen molar-refractivity contribution in [3.05, 3.63) is 17.8 Å². The van der Waals surface area contributed by atoms with Gasteiger partial charge in [-0.25, -0.2) is 0 Å². The minimum absolute atomic E-state index is 0.391. The standard InChI is InChI=1S/C9H12N2O/c1-7-5-6-9(11-10-7)12-8-3-2-4-8/h5-6,8H,2-4H2,1H3. The molecule has 1 fully saturated rings. The average molecular weight is 164 g/mol. The number of hydrogen-bond acceptors (Lipinski definition) is 3. The van der Waals surface area contributed by atoms with Crippen molar-refractivity contribution < 1.29 is 4.74 Å². The van der Waals surface area contributed by atoms with Crippen molar-refractivity contribution in [2.24, 2.45) is 0 Å². The molecule has 0 spiro atoms. The van der Waals surface area contributed by atoms with E-state index < -0.39 is 0 Å². The molecule has 0 bridgehead atoms. The first-order valence-corrected chi connectivity index (χ1v) is 4.31. The summed E-state index contributed by atoms with van der Waals surface area (Å²) in [6, 6.07) is 3.79. The van der Waals surface area contributed by atoms with E-state index in [0.29, 0.717) is 12.0 Å². The predicted molar refractivity (Wildman–Crippen MR) is 45.0 cm³/mol. The molecular formula is C9H12N2O. The highest BCUT2D eigenvalue weighted by molar-refractivity contribution is 5.10. The Morgan fingerprint density at radius 1 is 1.33 bits per heavy atom. The van der Waals surface area contributed by atoms with Crippen LogP contribution in [0.5, 0.6) is 5.88 Å². The minimum Gasteiger partial charge on any atom is -0.473 e. The summed E-state index contributed by atoms with van der Waals surface area (Å²) < 4.78 is 5.53. The van der Waals surface area contributed by atoms with Gasteiger partial charge in [0, 0.05) is 6.07 Å². The number of aromatic nitrogens is 2. The molecule has 0 aromatic carbocycles. The van der Waals surface area contributed by atoms with Gasteiger partial charge in [0.2, 0.25) is 5.88 Å². The van der Waals surface area contributed by atoms with E-state index in [4.69, 9.17) is 4.74 Å². The maximum absolute atomic E-state index is 5.53. The van der Waals surface area contributed by atoms with E-state index in [1.54, 1.807) is 0 Å². The molecule has 2 rings (SSSR count). The highest BCUT2D eigenvalue weighted by Crippen LogP contribution is 2.23. The van der Waals surface area contributed by atoms with E-state index in [1.807, 2.05) is 19.1 Å². The van der Waals surface area contributed by atoms with E-state index in [1.165, 1.54) is 6.42 Å². The fourth-order valence-corrected chi connectivity index (χ4v) is 1.11. The lowest BCUT2D eigenvalue weighted by Crippen LogP contribution is -2.25. The van der Waals surface area contributed by atoms with Crippen LogP contribution in [-0.4, -0.2) is 16.3 Å². The quantitative estimate of drug-likeness (QED) is 0.667. The maximum Gasteiger partial charge on any atom is 0.233 e. The lowest BCUT2D eigenvalue weighted by Gasteiger charge is -2.25. The molecule has 0 saturated heterocycles. The molecule has 64 valence electrons. The van der Waals surface area contributed by atoms with Crippen LogP contribution in [0.25, 0.3) is 0 Å². The number of rotatable bonds is 2. The molecule has 1 saturated carbocycles. The summed E-state index contributed by atoms with van der Waals surface area (Å²) in [5.74, 6) is 0.658. The van der Waals surface area contributed by atoms with Gasteiger partial charge in [0.05, 0.1) is 5.69 Å². The van der Waals surface area contributed by atoms with E-state index in [0.717, 1.165) is 18.5 Å². The van der Waals surface area contributed by atoms with Crippen LogP contribution in [0.4, 0.5) is 0 Å². The third kappa shape index (κ3) is 1.55. The molecule has 3 heteroatoms. The largest absolute Gasteiger partial charge is 0.473 e. The summed E-state index contributed by atoms with van der Waals surface area (Å²) >= 11 is 0. The molecule has 1 aliphatic rings. The second-order valence-corrected chi connectivity index (χ2v) is 3.18. The summed E-state index contributed by atoms with van der Waals surface area (Å²) in [5, 5.41) is 7.84. The second kappa shape index (κ2) is 3.09. The van der Waals surface area contributed by atoms with Crippen LogP contribution in [0.1, 0.15) is 25.0 Å². The van der Waals surface area contributed by atoms with Gasteiger partial charge in [-0.1, -0.05) is 0 Å². The third-order valence-corrected chi connectivity index (χ3v) is 2.11. The molecule has 1 aromatic rings. The summed E-state index contributed by atoms with van der Waals surface area (Å²) in [5.41, 5.74) is 0.927. The Morgan fingerprint density at radius 3 is 2.67 bits per heavy atom. The minimum atomic E-state index is 0.391. The fourth-order valence-electron chi connectivity index (χ4n) is 1.11. The van der Waals surface area contributed by atoms with Gasteiger partial charge in [-0.15, -0.1) is 5.10 Å². The first-order valence-electron chi connectivity index (χ1n) is 4.31. The van der Waals surface area contributed by atoms with Gasteiger partial charge in [-0.3, -0.25) is 0 Å². The fraction of sp³-hybridized carbons (Fsp3) is 0.556. The van der Waals surface area contributed by atoms with Crippen LogP contribution in [0.15, 0.2) is 12.1 Å². The first-order chi connectivity index (χ1) is 5.84. The van der Waals surface area contributed by atoms with Crippen molar-refractivity contribution in [2.45, 2.75) is 32.3 Å². The van der Waals surface area contributed by atoms with Crippen molar-refractivity contribution in [3.63, 3.8) is 0 Å². The number of ether oxygens (including phenoxy) is 1. The van der Waals surface area contributed by atoms with E-state index in [2.05, 4.69) is 10.2 Å². The molecule has 1 aromatic heterocycles. The highest BCUT2D eigenvalue weighted by Gasteiger charge is 2.19. The van der Waals surface area contributed by atoms with Crippen molar-refractivity contribution in [2.75, 3.05) is 0 Å². The lowest BCUT2D eigenvalue weighted by molar-refractivity contribution is 0.113. The van der Waals surface area contributed by atoms with Gasteiger partial charge in [0.25, 0.3) is 0 Å². The van der Waals surface area contributed by atoms with Crippen LogP contribution in [0.3, 0.4) is 0 Å². The molecule has 0 aliphatic heterocycles. The number of aryl methyl sites for hydroxylation is 1. The van der Waals surface area contributed by atoms with Gasteiger partial charge in [0.15, 0.2) is 0 Å². The van der Waals surface area contributed by atoms with Gasteiger partial charge >= 0.3 is 0 Å². The SMILES string of the molecule is Cc1ccc(OC2CCC2)nn1. The maximum atomic E-state index is 5.53. The normalized spacial score (nSPS) is 17.1. The summed E-state index contributed by atoms with van der Waals surface area (Å²) in [6.45, 7) is 1.92. The molecule has 0 N–H and O–H groups in total. The Bertz CT molecular complexity index is 254. The van der Waals surface area contributed by atoms with E-state index in [9.17, 15) is 0 Å². The van der Waals surface area contributed by atoms with E-state index in [-0.39, 0.29) is 0 Å². The topological polar surface area (TPSA) is 35.0 Å². The lowest BCUT2D eigenvalue weighted by atomic mass is 9.96.